The number of nitrogens with zero attached hydrogens (tertiary/aromatic N) is 6. The van der Waals surface area contributed by atoms with Crippen LogP contribution in [0.15, 0.2) is 12.3 Å². The SMILES string of the molecule is [C-]#[N+]c1c(NCCc2ccnn2CCCOC)nc2c(CC)c(C)nn2c1N. The fourth-order valence-corrected chi connectivity index (χ4v) is 3.30. The Morgan fingerprint density at radius 1 is 1.39 bits per heavy atom. The van der Waals surface area contributed by atoms with Crippen LogP contribution < -0.4 is 11.1 Å². The first-order valence-electron chi connectivity index (χ1n) is 9.39. The van der Waals surface area contributed by atoms with E-state index >= 15 is 0 Å². The van der Waals surface area contributed by atoms with E-state index in [1.165, 1.54) is 0 Å². The van der Waals surface area contributed by atoms with Gasteiger partial charge < -0.3 is 15.8 Å². The number of aryl methyl sites for hydroxylation is 3. The van der Waals surface area contributed by atoms with E-state index in [0.29, 0.717) is 36.1 Å². The van der Waals surface area contributed by atoms with Gasteiger partial charge in [-0.1, -0.05) is 6.92 Å². The molecular formula is C19H26N8O. The fourth-order valence-electron chi connectivity index (χ4n) is 3.30. The van der Waals surface area contributed by atoms with E-state index in [-0.39, 0.29) is 0 Å². The zero-order valence-corrected chi connectivity index (χ0v) is 16.6. The lowest BCUT2D eigenvalue weighted by Crippen LogP contribution is -2.13. The van der Waals surface area contributed by atoms with Gasteiger partial charge in [-0.15, -0.1) is 0 Å². The number of nitrogens with one attached hydrogen (secondary N) is 1. The highest BCUT2D eigenvalue weighted by atomic mass is 16.5. The number of rotatable bonds is 9. The van der Waals surface area contributed by atoms with Crippen molar-refractivity contribution >= 4 is 23.0 Å². The van der Waals surface area contributed by atoms with Crippen LogP contribution >= 0.6 is 0 Å². The van der Waals surface area contributed by atoms with Crippen molar-refractivity contribution in [2.45, 2.75) is 39.7 Å². The molecule has 0 saturated carbocycles. The third-order valence-corrected chi connectivity index (χ3v) is 4.73. The Morgan fingerprint density at radius 2 is 2.21 bits per heavy atom. The number of methoxy groups -OCH3 is 1. The van der Waals surface area contributed by atoms with Gasteiger partial charge in [0.05, 0.1) is 12.3 Å². The van der Waals surface area contributed by atoms with Crippen molar-refractivity contribution in [1.82, 2.24) is 24.4 Å². The van der Waals surface area contributed by atoms with Crippen molar-refractivity contribution in [3.05, 3.63) is 40.6 Å². The number of anilines is 2. The lowest BCUT2D eigenvalue weighted by molar-refractivity contribution is 0.188. The van der Waals surface area contributed by atoms with Crippen molar-refractivity contribution in [3.8, 4) is 0 Å². The predicted molar refractivity (Wildman–Crippen MR) is 109 cm³/mol. The Hall–Kier alpha value is -3.12. The summed E-state index contributed by atoms with van der Waals surface area (Å²) < 4.78 is 8.65. The van der Waals surface area contributed by atoms with Crippen LogP contribution in [0.1, 0.15) is 30.3 Å². The normalized spacial score (nSPS) is 11.1. The van der Waals surface area contributed by atoms with Crippen LogP contribution in [-0.4, -0.2) is 44.6 Å². The zero-order chi connectivity index (χ0) is 20.1. The maximum absolute atomic E-state index is 7.51. The summed E-state index contributed by atoms with van der Waals surface area (Å²) in [6.45, 7) is 13.6. The summed E-state index contributed by atoms with van der Waals surface area (Å²) in [6, 6.07) is 2.00. The Kier molecular flexibility index (Phi) is 6.11. The van der Waals surface area contributed by atoms with Crippen molar-refractivity contribution < 1.29 is 4.74 Å². The molecule has 9 nitrogen and oxygen atoms in total. The van der Waals surface area contributed by atoms with Gasteiger partial charge in [-0.3, -0.25) is 4.68 Å². The number of hydrogen-bond acceptors (Lipinski definition) is 6. The van der Waals surface area contributed by atoms with Crippen LogP contribution in [0.5, 0.6) is 0 Å². The molecule has 9 heteroatoms. The Bertz CT molecular complexity index is 998. The molecule has 3 aromatic heterocycles. The van der Waals surface area contributed by atoms with E-state index in [1.54, 1.807) is 17.8 Å². The lowest BCUT2D eigenvalue weighted by Gasteiger charge is -2.12. The molecule has 3 heterocycles. The summed E-state index contributed by atoms with van der Waals surface area (Å²) in [6.07, 6.45) is 4.28. The summed E-state index contributed by atoms with van der Waals surface area (Å²) in [5.74, 6) is 0.815. The maximum atomic E-state index is 7.51. The van der Waals surface area contributed by atoms with Crippen LogP contribution in [-0.2, 0) is 24.1 Å². The summed E-state index contributed by atoms with van der Waals surface area (Å²) in [5, 5.41) is 12.1. The highest BCUT2D eigenvalue weighted by molar-refractivity contribution is 5.80. The second kappa shape index (κ2) is 8.71. The van der Waals surface area contributed by atoms with E-state index in [9.17, 15) is 0 Å². The van der Waals surface area contributed by atoms with Crippen LogP contribution in [0.25, 0.3) is 10.5 Å². The average molecular weight is 382 g/mol. The number of fused-ring (bicyclic) bond motifs is 1. The van der Waals surface area contributed by atoms with Gasteiger partial charge in [0.2, 0.25) is 0 Å². The van der Waals surface area contributed by atoms with Crippen molar-refractivity contribution in [2.75, 3.05) is 31.3 Å². The molecule has 0 unspecified atom stereocenters. The molecule has 3 aromatic rings. The molecule has 0 atom stereocenters. The molecule has 0 fully saturated rings. The maximum Gasteiger partial charge on any atom is 0.268 e. The third-order valence-electron chi connectivity index (χ3n) is 4.73. The average Bonchev–Trinajstić information content (AvgIpc) is 3.26. The van der Waals surface area contributed by atoms with Crippen LogP contribution in [0.3, 0.4) is 0 Å². The van der Waals surface area contributed by atoms with Crippen LogP contribution in [0.4, 0.5) is 17.3 Å². The first-order chi connectivity index (χ1) is 13.6. The topological polar surface area (TPSA) is 99.6 Å². The summed E-state index contributed by atoms with van der Waals surface area (Å²) in [7, 11) is 1.70. The Morgan fingerprint density at radius 3 is 2.93 bits per heavy atom. The number of ether oxygens (including phenoxy) is 1. The number of hydrogen-bond donors (Lipinski definition) is 2. The standard InChI is InChI=1S/C19H26N8O/c1-5-15-13(2)25-27-17(20)16(21-3)18(24-19(15)27)22-9-7-14-8-10-23-26(14)11-6-12-28-4/h8,10H,5-7,9,11-12,20H2,1-2,4H3,(H,22,24). The van der Waals surface area contributed by atoms with Crippen molar-refractivity contribution in [3.63, 3.8) is 0 Å². The highest BCUT2D eigenvalue weighted by Crippen LogP contribution is 2.32. The molecule has 0 aromatic carbocycles. The monoisotopic (exact) mass is 382 g/mol. The molecule has 148 valence electrons. The van der Waals surface area contributed by atoms with Gasteiger partial charge in [-0.05, 0) is 25.8 Å². The Balaban J connectivity index is 1.78. The molecule has 0 saturated heterocycles. The molecule has 28 heavy (non-hydrogen) atoms. The second-order valence-electron chi connectivity index (χ2n) is 6.53. The first-order valence-corrected chi connectivity index (χ1v) is 9.39. The van der Waals surface area contributed by atoms with Gasteiger partial charge in [0.25, 0.3) is 5.69 Å². The van der Waals surface area contributed by atoms with Crippen molar-refractivity contribution in [2.24, 2.45) is 0 Å². The molecule has 0 bridgehead atoms. The first kappa shape index (κ1) is 19.6. The number of aromatic nitrogens is 5. The molecule has 0 amide bonds. The molecule has 0 aliphatic rings. The quantitative estimate of drug-likeness (QED) is 0.436. The van der Waals surface area contributed by atoms with E-state index in [4.69, 9.17) is 17.0 Å². The molecule has 0 spiro atoms. The summed E-state index contributed by atoms with van der Waals surface area (Å²) >= 11 is 0. The molecule has 3 N–H and O–H groups in total. The van der Waals surface area contributed by atoms with Gasteiger partial charge >= 0.3 is 0 Å². The number of nitrogens with two attached hydrogens (primary N) is 1. The minimum absolute atomic E-state index is 0.297. The predicted octanol–water partition coefficient (Wildman–Crippen LogP) is 2.62. The second-order valence-corrected chi connectivity index (χ2v) is 6.53. The lowest BCUT2D eigenvalue weighted by atomic mass is 10.2. The number of nitrogen functional groups attached to an aromatic ring is 1. The van der Waals surface area contributed by atoms with Gasteiger partial charge in [0.15, 0.2) is 5.65 Å². The highest BCUT2D eigenvalue weighted by Gasteiger charge is 2.18. The smallest absolute Gasteiger partial charge is 0.268 e. The molecule has 3 rings (SSSR count). The zero-order valence-electron chi connectivity index (χ0n) is 16.6. The van der Waals surface area contributed by atoms with Crippen LogP contribution in [0, 0.1) is 13.5 Å². The molecular weight excluding hydrogens is 356 g/mol. The van der Waals surface area contributed by atoms with Gasteiger partial charge in [0, 0.05) is 50.7 Å². The van der Waals surface area contributed by atoms with Crippen LogP contribution in [0.2, 0.25) is 0 Å². The minimum Gasteiger partial charge on any atom is -0.392 e. The largest absolute Gasteiger partial charge is 0.392 e. The van der Waals surface area contributed by atoms with Crippen molar-refractivity contribution in [1.29, 1.82) is 0 Å². The van der Waals surface area contributed by atoms with E-state index < -0.39 is 0 Å². The van der Waals surface area contributed by atoms with Gasteiger partial charge in [0.1, 0.15) is 11.6 Å². The molecule has 0 aliphatic carbocycles. The van der Waals surface area contributed by atoms with E-state index in [1.807, 2.05) is 17.7 Å². The van der Waals surface area contributed by atoms with E-state index in [0.717, 1.165) is 42.8 Å². The molecule has 0 aliphatic heterocycles. The summed E-state index contributed by atoms with van der Waals surface area (Å²) in [5.41, 5.74) is 10.3. The fraction of sp³-hybridized carbons (Fsp3) is 0.474. The third kappa shape index (κ3) is 3.77. The van der Waals surface area contributed by atoms with E-state index in [2.05, 4.69) is 32.3 Å². The van der Waals surface area contributed by atoms with Gasteiger partial charge in [-0.25, -0.2) is 14.3 Å². The molecule has 0 radical (unpaired) electrons. The minimum atomic E-state index is 0.297. The Labute approximate surface area is 164 Å². The summed E-state index contributed by atoms with van der Waals surface area (Å²) in [4.78, 5) is 8.23. The van der Waals surface area contributed by atoms with Gasteiger partial charge in [-0.2, -0.15) is 10.2 Å².